The van der Waals surface area contributed by atoms with Gasteiger partial charge in [0.25, 0.3) is 0 Å². The first-order valence-electron chi connectivity index (χ1n) is 6.27. The number of hydrogen-bond donors (Lipinski definition) is 2. The number of thioether (sulfide) groups is 1. The lowest BCUT2D eigenvalue weighted by Crippen LogP contribution is -1.96. The maximum atomic E-state index is 8.74. The topological polar surface area (TPSA) is 45.2 Å². The predicted molar refractivity (Wildman–Crippen MR) is 83.0 cm³/mol. The molecule has 5 heteroatoms. The summed E-state index contributed by atoms with van der Waals surface area (Å²) in [5.41, 5.74) is 1.12. The summed E-state index contributed by atoms with van der Waals surface area (Å²) >= 11 is 3.50. The van der Waals surface area contributed by atoms with Gasteiger partial charge >= 0.3 is 0 Å². The van der Waals surface area contributed by atoms with Crippen LogP contribution in [0.1, 0.15) is 16.3 Å². The lowest BCUT2D eigenvalue weighted by atomic mass is 10.3. The van der Waals surface area contributed by atoms with E-state index < -0.39 is 0 Å². The molecule has 0 aliphatic heterocycles. The van der Waals surface area contributed by atoms with Crippen molar-refractivity contribution in [2.24, 2.45) is 0 Å². The molecule has 1 aromatic carbocycles. The van der Waals surface area contributed by atoms with Gasteiger partial charge in [0.2, 0.25) is 0 Å². The quantitative estimate of drug-likeness (QED) is 0.605. The minimum atomic E-state index is 0.265. The molecule has 2 N–H and O–H groups in total. The molecule has 0 fully saturated rings. The van der Waals surface area contributed by atoms with Crippen LogP contribution in [0.3, 0.4) is 0 Å². The molecule has 102 valence electrons. The van der Waals surface area contributed by atoms with E-state index in [0.717, 1.165) is 29.4 Å². The van der Waals surface area contributed by atoms with Crippen molar-refractivity contribution in [2.45, 2.75) is 24.8 Å². The van der Waals surface area contributed by atoms with Crippen LogP contribution in [0.15, 0.2) is 35.4 Å². The molecule has 2 aromatic rings. The monoisotopic (exact) mass is 294 g/mol. The molecule has 1 aromatic heterocycles. The highest BCUT2D eigenvalue weighted by atomic mass is 32.2. The zero-order chi connectivity index (χ0) is 13.5. The van der Waals surface area contributed by atoms with Gasteiger partial charge in [0.1, 0.15) is 0 Å². The van der Waals surface area contributed by atoms with Crippen molar-refractivity contribution in [2.75, 3.05) is 17.7 Å². The van der Waals surface area contributed by atoms with Gasteiger partial charge in [0.05, 0.1) is 11.6 Å². The number of aromatic nitrogens is 1. The van der Waals surface area contributed by atoms with Crippen LogP contribution in [0.25, 0.3) is 0 Å². The fourth-order valence-electron chi connectivity index (χ4n) is 1.60. The maximum absolute atomic E-state index is 8.74. The molecule has 0 bridgehead atoms. The second kappa shape index (κ2) is 7.53. The van der Waals surface area contributed by atoms with E-state index in [0.29, 0.717) is 0 Å². The average molecular weight is 294 g/mol. The first-order chi connectivity index (χ1) is 9.28. The van der Waals surface area contributed by atoms with E-state index in [1.807, 2.05) is 13.1 Å². The summed E-state index contributed by atoms with van der Waals surface area (Å²) in [7, 11) is 0. The Bertz CT molecular complexity index is 496. The number of hydrogen-bond acceptors (Lipinski definition) is 5. The van der Waals surface area contributed by atoms with Crippen molar-refractivity contribution in [3.05, 3.63) is 40.3 Å². The van der Waals surface area contributed by atoms with Crippen LogP contribution in [0, 0.1) is 6.92 Å². The molecule has 0 amide bonds. The SMILES string of the molecule is Cc1ncc(CNc2ccc(SCCCO)cc2)s1. The minimum absolute atomic E-state index is 0.265. The van der Waals surface area contributed by atoms with Crippen LogP contribution in [0.4, 0.5) is 5.69 Å². The molecule has 0 aliphatic carbocycles. The van der Waals surface area contributed by atoms with Crippen LogP contribution in [-0.4, -0.2) is 22.5 Å². The van der Waals surface area contributed by atoms with Crippen molar-refractivity contribution in [1.82, 2.24) is 4.98 Å². The highest BCUT2D eigenvalue weighted by molar-refractivity contribution is 7.99. The number of aliphatic hydroxyl groups is 1. The van der Waals surface area contributed by atoms with Gasteiger partial charge in [0, 0.05) is 34.0 Å². The Morgan fingerprint density at radius 2 is 2.11 bits per heavy atom. The number of anilines is 1. The molecule has 3 nitrogen and oxygen atoms in total. The van der Waals surface area contributed by atoms with E-state index >= 15 is 0 Å². The summed E-state index contributed by atoms with van der Waals surface area (Å²) in [6.07, 6.45) is 2.77. The molecule has 0 unspecified atom stereocenters. The largest absolute Gasteiger partial charge is 0.396 e. The number of aliphatic hydroxyl groups excluding tert-OH is 1. The molecule has 0 spiro atoms. The standard InChI is InChI=1S/C14H18N2OS2/c1-11-15-9-14(19-11)10-16-12-3-5-13(6-4-12)18-8-2-7-17/h3-6,9,16-17H,2,7-8,10H2,1H3. The third kappa shape index (κ3) is 4.86. The van der Waals surface area contributed by atoms with E-state index in [1.54, 1.807) is 23.1 Å². The normalized spacial score (nSPS) is 10.6. The Hall–Kier alpha value is -1.04. The van der Waals surface area contributed by atoms with Gasteiger partial charge in [-0.1, -0.05) is 0 Å². The van der Waals surface area contributed by atoms with E-state index in [4.69, 9.17) is 5.11 Å². The van der Waals surface area contributed by atoms with Gasteiger partial charge < -0.3 is 10.4 Å². The van der Waals surface area contributed by atoms with E-state index in [1.165, 1.54) is 9.77 Å². The molecular weight excluding hydrogens is 276 g/mol. The Morgan fingerprint density at radius 3 is 2.74 bits per heavy atom. The van der Waals surface area contributed by atoms with Crippen molar-refractivity contribution in [1.29, 1.82) is 0 Å². The Kier molecular flexibility index (Phi) is 5.69. The lowest BCUT2D eigenvalue weighted by Gasteiger charge is -2.06. The Balaban J connectivity index is 1.81. The second-order valence-electron chi connectivity index (χ2n) is 4.15. The fourth-order valence-corrected chi connectivity index (χ4v) is 3.17. The van der Waals surface area contributed by atoms with Crippen molar-refractivity contribution in [3.63, 3.8) is 0 Å². The number of nitrogens with one attached hydrogen (secondary N) is 1. The minimum Gasteiger partial charge on any atom is -0.396 e. The van der Waals surface area contributed by atoms with Crippen LogP contribution in [-0.2, 0) is 6.54 Å². The first-order valence-corrected chi connectivity index (χ1v) is 8.07. The van der Waals surface area contributed by atoms with E-state index in [2.05, 4.69) is 34.6 Å². The van der Waals surface area contributed by atoms with Crippen LogP contribution in [0.5, 0.6) is 0 Å². The van der Waals surface area contributed by atoms with Crippen LogP contribution in [0.2, 0.25) is 0 Å². The van der Waals surface area contributed by atoms with Gasteiger partial charge in [0.15, 0.2) is 0 Å². The zero-order valence-corrected chi connectivity index (χ0v) is 12.6. The molecule has 0 atom stereocenters. The molecule has 2 rings (SSSR count). The molecular formula is C14H18N2OS2. The van der Waals surface area contributed by atoms with E-state index in [-0.39, 0.29) is 6.61 Å². The van der Waals surface area contributed by atoms with Gasteiger partial charge in [-0.15, -0.1) is 23.1 Å². The van der Waals surface area contributed by atoms with Gasteiger partial charge in [-0.25, -0.2) is 4.98 Å². The Morgan fingerprint density at radius 1 is 1.32 bits per heavy atom. The smallest absolute Gasteiger partial charge is 0.0897 e. The highest BCUT2D eigenvalue weighted by Gasteiger charge is 1.99. The highest BCUT2D eigenvalue weighted by Crippen LogP contribution is 2.21. The number of aryl methyl sites for hydroxylation is 1. The fraction of sp³-hybridized carbons (Fsp3) is 0.357. The number of thiazole rings is 1. The number of nitrogens with zero attached hydrogens (tertiary/aromatic N) is 1. The summed E-state index contributed by atoms with van der Waals surface area (Å²) in [5.74, 6) is 0.962. The van der Waals surface area contributed by atoms with Gasteiger partial charge in [-0.3, -0.25) is 0 Å². The Labute approximate surface area is 122 Å². The summed E-state index contributed by atoms with van der Waals surface area (Å²) in [6.45, 7) is 3.11. The second-order valence-corrected chi connectivity index (χ2v) is 6.64. The lowest BCUT2D eigenvalue weighted by molar-refractivity contribution is 0.296. The first kappa shape index (κ1) is 14.4. The van der Waals surface area contributed by atoms with Crippen LogP contribution < -0.4 is 5.32 Å². The summed E-state index contributed by atoms with van der Waals surface area (Å²) < 4.78 is 0. The number of benzene rings is 1. The summed E-state index contributed by atoms with van der Waals surface area (Å²) in [6, 6.07) is 8.41. The van der Waals surface area contributed by atoms with Crippen LogP contribution >= 0.6 is 23.1 Å². The molecule has 0 saturated carbocycles. The predicted octanol–water partition coefficient (Wildman–Crippen LogP) is 3.54. The third-order valence-corrected chi connectivity index (χ3v) is 4.57. The molecule has 0 saturated heterocycles. The van der Waals surface area contributed by atoms with Crippen molar-refractivity contribution in [3.8, 4) is 0 Å². The molecule has 19 heavy (non-hydrogen) atoms. The number of rotatable bonds is 7. The zero-order valence-electron chi connectivity index (χ0n) is 10.9. The maximum Gasteiger partial charge on any atom is 0.0897 e. The summed E-state index contributed by atoms with van der Waals surface area (Å²) in [5, 5.41) is 13.2. The summed E-state index contributed by atoms with van der Waals surface area (Å²) in [4.78, 5) is 6.73. The van der Waals surface area contributed by atoms with Gasteiger partial charge in [-0.2, -0.15) is 0 Å². The molecule has 0 radical (unpaired) electrons. The van der Waals surface area contributed by atoms with Crippen molar-refractivity contribution >= 4 is 28.8 Å². The average Bonchev–Trinajstić information content (AvgIpc) is 2.84. The van der Waals surface area contributed by atoms with E-state index in [9.17, 15) is 0 Å². The van der Waals surface area contributed by atoms with Crippen molar-refractivity contribution < 1.29 is 5.11 Å². The van der Waals surface area contributed by atoms with Gasteiger partial charge in [-0.05, 0) is 37.6 Å². The third-order valence-electron chi connectivity index (χ3n) is 2.56. The molecule has 1 heterocycles. The molecule has 0 aliphatic rings.